The predicted octanol–water partition coefficient (Wildman–Crippen LogP) is 3.16. The Hall–Kier alpha value is -2.05. The molecule has 0 nitrogen and oxygen atoms in total. The number of allylic oxidation sites excluding steroid dienone is 4. The van der Waals surface area contributed by atoms with Crippen LogP contribution in [0.4, 0.5) is 0 Å². The van der Waals surface area contributed by atoms with Crippen molar-refractivity contribution in [2.45, 2.75) is 47.5 Å². The van der Waals surface area contributed by atoms with Gasteiger partial charge in [-0.1, -0.05) is 68.2 Å². The van der Waals surface area contributed by atoms with Crippen LogP contribution in [0.25, 0.3) is 23.3 Å². The Bertz CT molecular complexity index is 1260. The van der Waals surface area contributed by atoms with Gasteiger partial charge in [0.05, 0.1) is 0 Å². The van der Waals surface area contributed by atoms with Crippen molar-refractivity contribution in [1.82, 2.24) is 0 Å². The van der Waals surface area contributed by atoms with Crippen LogP contribution in [0.3, 0.4) is 0 Å². The first-order valence-electron chi connectivity index (χ1n) is 12.4. The van der Waals surface area contributed by atoms with Crippen molar-refractivity contribution < 1.29 is 49.0 Å². The Labute approximate surface area is 257 Å². The molecule has 5 rings (SSSR count). The number of rotatable bonds is 3. The first-order valence-corrected chi connectivity index (χ1v) is 13.7. The maximum Gasteiger partial charge on any atom is -1.00 e. The molecule has 2 aliphatic carbocycles. The fourth-order valence-corrected chi connectivity index (χ4v) is 4.50. The molecular formula is C35H36Cl2Zr-2. The Morgan fingerprint density at radius 2 is 1.55 bits per heavy atom. The molecular weight excluding hydrogens is 583 g/mol. The van der Waals surface area contributed by atoms with E-state index in [0.29, 0.717) is 5.41 Å². The van der Waals surface area contributed by atoms with E-state index in [0.717, 1.165) is 18.4 Å². The molecule has 0 aliphatic heterocycles. The second-order valence-electron chi connectivity index (χ2n) is 10.3. The molecule has 38 heavy (non-hydrogen) atoms. The van der Waals surface area contributed by atoms with Crippen LogP contribution in [0.2, 0.25) is 0 Å². The molecule has 0 heterocycles. The van der Waals surface area contributed by atoms with Crippen molar-refractivity contribution in [3.63, 3.8) is 0 Å². The molecule has 0 saturated carbocycles. The van der Waals surface area contributed by atoms with Gasteiger partial charge in [-0.2, -0.15) is 35.4 Å². The zero-order chi connectivity index (χ0) is 26.3. The summed E-state index contributed by atoms with van der Waals surface area (Å²) >= 11 is 1.51. The minimum Gasteiger partial charge on any atom is -1.00 e. The Morgan fingerprint density at radius 1 is 0.921 bits per heavy atom. The summed E-state index contributed by atoms with van der Waals surface area (Å²) < 4.78 is 1.46. The summed E-state index contributed by atoms with van der Waals surface area (Å²) in [5.41, 5.74) is 12.0. The van der Waals surface area contributed by atoms with Crippen LogP contribution in [0.15, 0.2) is 85.5 Å². The van der Waals surface area contributed by atoms with Gasteiger partial charge in [0.1, 0.15) is 0 Å². The van der Waals surface area contributed by atoms with Crippen LogP contribution in [-0.4, -0.2) is 3.21 Å². The van der Waals surface area contributed by atoms with Gasteiger partial charge >= 0.3 is 76.7 Å². The van der Waals surface area contributed by atoms with Crippen LogP contribution in [0.1, 0.15) is 67.5 Å². The van der Waals surface area contributed by atoms with E-state index < -0.39 is 0 Å². The van der Waals surface area contributed by atoms with Crippen molar-refractivity contribution in [2.75, 3.05) is 0 Å². The van der Waals surface area contributed by atoms with Crippen molar-refractivity contribution in [3.8, 4) is 11.1 Å². The summed E-state index contributed by atoms with van der Waals surface area (Å²) in [6.45, 7) is 18.6. The molecule has 0 unspecified atom stereocenters. The van der Waals surface area contributed by atoms with Crippen LogP contribution >= 0.6 is 0 Å². The second-order valence-corrected chi connectivity index (χ2v) is 12.1. The minimum absolute atomic E-state index is 0. The first kappa shape index (κ1) is 34.0. The van der Waals surface area contributed by atoms with E-state index in [1.165, 1.54) is 72.0 Å². The largest absolute Gasteiger partial charge is 1.00 e. The Morgan fingerprint density at radius 3 is 2.05 bits per heavy atom. The molecule has 0 N–H and O–H groups in total. The fourth-order valence-electron chi connectivity index (χ4n) is 4.09. The molecule has 3 heteroatoms. The SMILES string of the molecule is C=Cc1c[c-]c2c(c1)-c1cc(C=C)ccc1C2.CC(C)(C)C1=CC[C-]=C1.C[C](=[Zr+2])c1ccc(C)cc1.[Cl-].[Cl-]. The fraction of sp³-hybridized carbons (Fsp3) is 0.229. The van der Waals surface area contributed by atoms with E-state index in [9.17, 15) is 0 Å². The van der Waals surface area contributed by atoms with E-state index in [4.69, 9.17) is 0 Å². The van der Waals surface area contributed by atoms with E-state index in [1.807, 2.05) is 18.2 Å². The molecule has 2 aliphatic rings. The monoisotopic (exact) mass is 616 g/mol. The van der Waals surface area contributed by atoms with Crippen LogP contribution < -0.4 is 24.8 Å². The number of hydrogen-bond acceptors (Lipinski definition) is 0. The summed E-state index contributed by atoms with van der Waals surface area (Å²) in [5.74, 6) is 0. The maximum atomic E-state index is 3.82. The van der Waals surface area contributed by atoms with Gasteiger partial charge in [0.15, 0.2) is 0 Å². The van der Waals surface area contributed by atoms with Crippen molar-refractivity contribution in [1.29, 1.82) is 0 Å². The number of benzene rings is 3. The normalized spacial score (nSPS) is 12.1. The molecule has 3 aromatic carbocycles. The average molecular weight is 619 g/mol. The van der Waals surface area contributed by atoms with Crippen molar-refractivity contribution in [2.24, 2.45) is 5.41 Å². The maximum absolute atomic E-state index is 3.82. The third-order valence-corrected chi connectivity index (χ3v) is 7.07. The van der Waals surface area contributed by atoms with Crippen molar-refractivity contribution >= 4 is 15.4 Å². The van der Waals surface area contributed by atoms with E-state index in [1.54, 1.807) is 0 Å². The molecule has 0 amide bonds. The van der Waals surface area contributed by atoms with E-state index >= 15 is 0 Å². The summed E-state index contributed by atoms with van der Waals surface area (Å²) in [6, 6.07) is 22.7. The average Bonchev–Trinajstić information content (AvgIpc) is 3.53. The third kappa shape index (κ3) is 9.30. The zero-order valence-corrected chi connectivity index (χ0v) is 27.1. The van der Waals surface area contributed by atoms with Crippen LogP contribution in [0.5, 0.6) is 0 Å². The summed E-state index contributed by atoms with van der Waals surface area (Å²) in [6.07, 6.45) is 13.2. The van der Waals surface area contributed by atoms with Gasteiger partial charge < -0.3 is 24.8 Å². The zero-order valence-electron chi connectivity index (χ0n) is 23.1. The summed E-state index contributed by atoms with van der Waals surface area (Å²) in [4.78, 5) is 0. The van der Waals surface area contributed by atoms with Gasteiger partial charge in [-0.3, -0.25) is 6.08 Å². The van der Waals surface area contributed by atoms with Crippen LogP contribution in [0, 0.1) is 24.5 Å². The number of fused-ring (bicyclic) bond motifs is 3. The van der Waals surface area contributed by atoms with Crippen molar-refractivity contribution in [3.05, 3.63) is 131 Å². The molecule has 0 atom stereocenters. The molecule has 196 valence electrons. The second kappa shape index (κ2) is 15.5. The third-order valence-electron chi connectivity index (χ3n) is 6.36. The topological polar surface area (TPSA) is 0 Å². The Kier molecular flexibility index (Phi) is 13.9. The first-order chi connectivity index (χ1) is 17.1. The van der Waals surface area contributed by atoms with Gasteiger partial charge in [0.25, 0.3) is 0 Å². The Balaban J connectivity index is 0.000000299. The molecule has 0 aromatic heterocycles. The van der Waals surface area contributed by atoms with Crippen LogP contribution in [-0.2, 0) is 30.7 Å². The predicted molar refractivity (Wildman–Crippen MR) is 155 cm³/mol. The smallest absolute Gasteiger partial charge is 1.00 e. The molecule has 0 saturated heterocycles. The number of hydrogen-bond donors (Lipinski definition) is 0. The standard InChI is InChI=1S/C17H13.C9H13.C9H10.2ClH.Zr/c1-3-12-5-7-14-11-15-8-6-13(4-2)10-17(15)16(14)9-12;1-9(2,3)8-6-4-5-7-8;1-3-9-6-4-8(2)5-7-9;;;/h3-7,9-10H,1-2,11H2;6-7H,4H2,1-3H3;4-7H,1-2H3;2*1H;/q2*-1;;;;+2/p-2. The minimum atomic E-state index is 0. The quantitative estimate of drug-likeness (QED) is 0.310. The summed E-state index contributed by atoms with van der Waals surface area (Å²) in [5, 5.41) is 0. The summed E-state index contributed by atoms with van der Waals surface area (Å²) in [7, 11) is 0. The van der Waals surface area contributed by atoms with E-state index in [2.05, 4.69) is 121 Å². The number of halogens is 2. The molecule has 3 aromatic rings. The van der Waals surface area contributed by atoms with E-state index in [-0.39, 0.29) is 24.8 Å². The molecule has 0 fully saturated rings. The van der Waals surface area contributed by atoms with Gasteiger partial charge in [-0.15, -0.1) is 30.2 Å². The molecule has 0 bridgehead atoms. The van der Waals surface area contributed by atoms with Gasteiger partial charge in [0, 0.05) is 0 Å². The van der Waals surface area contributed by atoms with Gasteiger partial charge in [0.2, 0.25) is 0 Å². The number of aryl methyl sites for hydroxylation is 1. The van der Waals surface area contributed by atoms with Gasteiger partial charge in [-0.25, -0.2) is 6.08 Å². The van der Waals surface area contributed by atoms with Gasteiger partial charge in [-0.05, 0) is 12.0 Å². The molecule has 0 radical (unpaired) electrons. The molecule has 0 spiro atoms.